The number of benzene rings is 2. The predicted molar refractivity (Wildman–Crippen MR) is 126 cm³/mol. The van der Waals surface area contributed by atoms with E-state index in [2.05, 4.69) is 10.6 Å². The second kappa shape index (κ2) is 11.1. The van der Waals surface area contributed by atoms with E-state index in [1.807, 2.05) is 62.9 Å². The Morgan fingerprint density at radius 2 is 1.79 bits per heavy atom. The predicted octanol–water partition coefficient (Wildman–Crippen LogP) is 4.33. The molecule has 1 heterocycles. The second-order valence-corrected chi connectivity index (χ2v) is 8.75. The average molecular weight is 458 g/mol. The third kappa shape index (κ3) is 6.92. The summed E-state index contributed by atoms with van der Waals surface area (Å²) in [7, 11) is 0. The summed E-state index contributed by atoms with van der Waals surface area (Å²) in [6, 6.07) is 13.0. The number of rotatable bonds is 7. The van der Waals surface area contributed by atoms with Crippen LogP contribution in [0.4, 0.5) is 20.6 Å². The molecule has 3 rings (SSSR count). The topological polar surface area (TPSA) is 79.9 Å². The van der Waals surface area contributed by atoms with Gasteiger partial charge in [0.25, 0.3) is 0 Å². The quantitative estimate of drug-likeness (QED) is 0.647. The molecular weight excluding hydrogens is 425 g/mol. The van der Waals surface area contributed by atoms with Gasteiger partial charge in [-0.05, 0) is 43.5 Å². The third-order valence-corrected chi connectivity index (χ3v) is 5.41. The Kier molecular flexibility index (Phi) is 8.27. The Morgan fingerprint density at radius 3 is 2.39 bits per heavy atom. The Labute approximate surface area is 194 Å². The number of halogens is 1. The van der Waals surface area contributed by atoms with Gasteiger partial charge in [-0.25, -0.2) is 9.18 Å². The van der Waals surface area contributed by atoms with E-state index < -0.39 is 23.9 Å². The highest BCUT2D eigenvalue weighted by molar-refractivity contribution is 5.96. The molecule has 33 heavy (non-hydrogen) atoms. The number of ether oxygens (including phenoxy) is 2. The van der Waals surface area contributed by atoms with E-state index in [-0.39, 0.29) is 24.7 Å². The first-order valence-electron chi connectivity index (χ1n) is 11.2. The fourth-order valence-electron chi connectivity index (χ4n) is 3.86. The summed E-state index contributed by atoms with van der Waals surface area (Å²) in [6.45, 7) is 8.83. The fourth-order valence-corrected chi connectivity index (χ4v) is 3.86. The van der Waals surface area contributed by atoms with Crippen LogP contribution >= 0.6 is 0 Å². The van der Waals surface area contributed by atoms with Crippen LogP contribution in [-0.2, 0) is 20.9 Å². The first-order valence-corrected chi connectivity index (χ1v) is 11.2. The lowest BCUT2D eigenvalue weighted by Gasteiger charge is -2.37. The van der Waals surface area contributed by atoms with Gasteiger partial charge in [-0.15, -0.1) is 0 Å². The number of hydrogen-bond acceptors (Lipinski definition) is 5. The molecular formula is C25H32FN3O4. The standard InChI is InChI=1S/C25H32FN3O4/c1-16(2)23(28-25(31)32-15-19-8-6-5-7-9-19)24(30)27-20-10-11-22(21(26)12-20)29-13-17(3)33-18(4)14-29/h5-12,16-18,23H,13-15H2,1-4H3,(H,27,30)(H,28,31)/t17?,18?,23-/m0/s1. The zero-order valence-electron chi connectivity index (χ0n) is 19.5. The molecule has 0 aliphatic carbocycles. The van der Waals surface area contributed by atoms with Crippen molar-refractivity contribution >= 4 is 23.4 Å². The molecule has 2 aromatic carbocycles. The second-order valence-electron chi connectivity index (χ2n) is 8.75. The summed E-state index contributed by atoms with van der Waals surface area (Å²) in [4.78, 5) is 27.0. The summed E-state index contributed by atoms with van der Waals surface area (Å²) in [5, 5.41) is 5.30. The Bertz CT molecular complexity index is 944. The Morgan fingerprint density at radius 1 is 1.12 bits per heavy atom. The van der Waals surface area contributed by atoms with Crippen LogP contribution in [0.5, 0.6) is 0 Å². The number of morpholine rings is 1. The lowest BCUT2D eigenvalue weighted by molar-refractivity contribution is -0.119. The van der Waals surface area contributed by atoms with Crippen molar-refractivity contribution < 1.29 is 23.5 Å². The van der Waals surface area contributed by atoms with E-state index in [0.29, 0.717) is 24.5 Å². The fraction of sp³-hybridized carbons (Fsp3) is 0.440. The van der Waals surface area contributed by atoms with E-state index in [1.165, 1.54) is 6.07 Å². The molecule has 1 aliphatic rings. The summed E-state index contributed by atoms with van der Waals surface area (Å²) in [5.74, 6) is -1.07. The van der Waals surface area contributed by atoms with Crippen LogP contribution < -0.4 is 15.5 Å². The first-order chi connectivity index (χ1) is 15.7. The number of carbonyl (C=O) groups excluding carboxylic acids is 2. The molecule has 2 N–H and O–H groups in total. The van der Waals surface area contributed by atoms with Crippen molar-refractivity contribution in [3.05, 3.63) is 59.9 Å². The number of hydrogen-bond donors (Lipinski definition) is 2. The van der Waals surface area contributed by atoms with Gasteiger partial charge >= 0.3 is 6.09 Å². The van der Waals surface area contributed by atoms with Crippen LogP contribution in [-0.4, -0.2) is 43.3 Å². The molecule has 0 saturated carbocycles. The van der Waals surface area contributed by atoms with Crippen molar-refractivity contribution in [2.24, 2.45) is 5.92 Å². The Balaban J connectivity index is 1.60. The minimum atomic E-state index is -0.836. The maximum Gasteiger partial charge on any atom is 0.408 e. The number of alkyl carbamates (subject to hydrolysis) is 1. The van der Waals surface area contributed by atoms with Crippen molar-refractivity contribution in [2.45, 2.75) is 52.6 Å². The van der Waals surface area contributed by atoms with Crippen molar-refractivity contribution in [1.82, 2.24) is 5.32 Å². The molecule has 1 fully saturated rings. The van der Waals surface area contributed by atoms with Crippen LogP contribution in [0.25, 0.3) is 0 Å². The van der Waals surface area contributed by atoms with Crippen molar-refractivity contribution in [2.75, 3.05) is 23.3 Å². The zero-order chi connectivity index (χ0) is 24.0. The van der Waals surface area contributed by atoms with Crippen molar-refractivity contribution in [1.29, 1.82) is 0 Å². The van der Waals surface area contributed by atoms with Gasteiger partial charge in [-0.2, -0.15) is 0 Å². The van der Waals surface area contributed by atoms with Crippen molar-refractivity contribution in [3.63, 3.8) is 0 Å². The molecule has 3 atom stereocenters. The van der Waals surface area contributed by atoms with E-state index in [1.54, 1.807) is 12.1 Å². The molecule has 0 spiro atoms. The third-order valence-electron chi connectivity index (χ3n) is 5.41. The lowest BCUT2D eigenvalue weighted by Crippen LogP contribution is -2.47. The van der Waals surface area contributed by atoms with Crippen LogP contribution in [0.1, 0.15) is 33.3 Å². The number of anilines is 2. The molecule has 1 saturated heterocycles. The average Bonchev–Trinajstić information content (AvgIpc) is 2.76. The van der Waals surface area contributed by atoms with Gasteiger partial charge in [0.15, 0.2) is 0 Å². The minimum Gasteiger partial charge on any atom is -0.445 e. The first kappa shape index (κ1) is 24.5. The normalized spacial score (nSPS) is 19.2. The van der Waals surface area contributed by atoms with E-state index in [9.17, 15) is 14.0 Å². The van der Waals surface area contributed by atoms with Gasteiger partial charge in [-0.1, -0.05) is 44.2 Å². The van der Waals surface area contributed by atoms with Crippen molar-refractivity contribution in [3.8, 4) is 0 Å². The molecule has 0 bridgehead atoms. The Hall–Kier alpha value is -3.13. The van der Waals surface area contributed by atoms with Gasteiger partial charge in [0.05, 0.1) is 17.9 Å². The zero-order valence-corrected chi connectivity index (χ0v) is 19.5. The number of nitrogens with one attached hydrogen (secondary N) is 2. The monoisotopic (exact) mass is 457 g/mol. The molecule has 178 valence electrons. The van der Waals surface area contributed by atoms with Gasteiger partial charge in [0, 0.05) is 18.8 Å². The summed E-state index contributed by atoms with van der Waals surface area (Å²) in [6.07, 6.45) is -0.677. The van der Waals surface area contributed by atoms with E-state index in [4.69, 9.17) is 9.47 Å². The van der Waals surface area contributed by atoms with E-state index in [0.717, 1.165) is 5.56 Å². The minimum absolute atomic E-state index is 0.00653. The van der Waals surface area contributed by atoms with Gasteiger partial charge in [0.1, 0.15) is 18.5 Å². The van der Waals surface area contributed by atoms with Crippen LogP contribution in [0, 0.1) is 11.7 Å². The summed E-state index contributed by atoms with van der Waals surface area (Å²) in [5.41, 5.74) is 1.64. The molecule has 0 radical (unpaired) electrons. The molecule has 2 unspecified atom stereocenters. The molecule has 7 nitrogen and oxygen atoms in total. The highest BCUT2D eigenvalue weighted by Gasteiger charge is 2.27. The van der Waals surface area contributed by atoms with E-state index >= 15 is 0 Å². The highest BCUT2D eigenvalue weighted by atomic mass is 19.1. The number of amides is 2. The van der Waals surface area contributed by atoms with Gasteiger partial charge in [-0.3, -0.25) is 4.79 Å². The van der Waals surface area contributed by atoms with Crippen LogP contribution in [0.2, 0.25) is 0 Å². The van der Waals surface area contributed by atoms with Gasteiger partial charge < -0.3 is 25.0 Å². The maximum atomic E-state index is 14.8. The molecule has 2 amide bonds. The molecule has 8 heteroatoms. The smallest absolute Gasteiger partial charge is 0.408 e. The number of nitrogens with zero attached hydrogens (tertiary/aromatic N) is 1. The maximum absolute atomic E-state index is 14.8. The summed E-state index contributed by atoms with van der Waals surface area (Å²) >= 11 is 0. The molecule has 1 aliphatic heterocycles. The molecule has 0 aromatic heterocycles. The SMILES string of the molecule is CC1CN(c2ccc(NC(=O)[C@@H](NC(=O)OCc3ccccc3)C(C)C)cc2F)CC(C)O1. The lowest BCUT2D eigenvalue weighted by atomic mass is 10.0. The highest BCUT2D eigenvalue weighted by Crippen LogP contribution is 2.26. The van der Waals surface area contributed by atoms with Crippen LogP contribution in [0.3, 0.4) is 0 Å². The van der Waals surface area contributed by atoms with Crippen LogP contribution in [0.15, 0.2) is 48.5 Å². The molecule has 2 aromatic rings. The summed E-state index contributed by atoms with van der Waals surface area (Å²) < 4.78 is 25.8. The van der Waals surface area contributed by atoms with Gasteiger partial charge in [0.2, 0.25) is 5.91 Å². The number of carbonyl (C=O) groups is 2. The largest absolute Gasteiger partial charge is 0.445 e.